The summed E-state index contributed by atoms with van der Waals surface area (Å²) in [5, 5.41) is 12.0. The summed E-state index contributed by atoms with van der Waals surface area (Å²) in [7, 11) is 0. The number of pyridine rings is 1. The Labute approximate surface area is 122 Å². The molecular formula is C16H18N2O3. The fourth-order valence-corrected chi connectivity index (χ4v) is 2.95. The van der Waals surface area contributed by atoms with Gasteiger partial charge in [-0.3, -0.25) is 9.59 Å². The molecule has 0 fully saturated rings. The minimum atomic E-state index is -0.372. The first-order chi connectivity index (χ1) is 10.1. The van der Waals surface area contributed by atoms with E-state index in [0.29, 0.717) is 18.4 Å². The van der Waals surface area contributed by atoms with E-state index in [-0.39, 0.29) is 29.5 Å². The number of hydrogen-bond acceptors (Lipinski definition) is 3. The fourth-order valence-electron chi connectivity index (χ4n) is 2.95. The zero-order valence-electron chi connectivity index (χ0n) is 11.9. The Morgan fingerprint density at radius 2 is 2.29 bits per heavy atom. The van der Waals surface area contributed by atoms with Crippen LogP contribution in [0.3, 0.4) is 0 Å². The predicted octanol–water partition coefficient (Wildman–Crippen LogP) is 1.23. The second kappa shape index (κ2) is 5.33. The van der Waals surface area contributed by atoms with E-state index in [0.717, 1.165) is 17.5 Å². The van der Waals surface area contributed by atoms with Crippen LogP contribution in [0.1, 0.15) is 35.3 Å². The molecule has 2 heterocycles. The molecule has 110 valence electrons. The number of aliphatic hydroxyl groups is 1. The van der Waals surface area contributed by atoms with Gasteiger partial charge in [0.05, 0.1) is 5.52 Å². The second-order valence-electron chi connectivity index (χ2n) is 5.48. The quantitative estimate of drug-likeness (QED) is 0.830. The van der Waals surface area contributed by atoms with Gasteiger partial charge in [-0.25, -0.2) is 0 Å². The largest absolute Gasteiger partial charge is 0.396 e. The molecule has 2 aromatic rings. The van der Waals surface area contributed by atoms with Crippen LogP contribution in [0.5, 0.6) is 0 Å². The van der Waals surface area contributed by atoms with Gasteiger partial charge in [0, 0.05) is 30.8 Å². The maximum atomic E-state index is 12.5. The van der Waals surface area contributed by atoms with Gasteiger partial charge >= 0.3 is 0 Å². The lowest BCUT2D eigenvalue weighted by Gasteiger charge is -2.12. The molecule has 1 aliphatic heterocycles. The highest BCUT2D eigenvalue weighted by Gasteiger charge is 2.24. The van der Waals surface area contributed by atoms with E-state index >= 15 is 0 Å². The number of rotatable bonds is 4. The minimum Gasteiger partial charge on any atom is -0.396 e. The van der Waals surface area contributed by atoms with Crippen LogP contribution in [0, 0.1) is 0 Å². The van der Waals surface area contributed by atoms with Crippen LogP contribution < -0.4 is 10.7 Å². The number of nitrogens with one attached hydrogen (secondary N) is 1. The van der Waals surface area contributed by atoms with Crippen LogP contribution in [0.15, 0.2) is 29.2 Å². The number of benzene rings is 1. The molecule has 1 atom stereocenters. The number of aliphatic hydroxyl groups excluding tert-OH is 1. The molecule has 0 bridgehead atoms. The Morgan fingerprint density at radius 3 is 3.05 bits per heavy atom. The molecule has 1 unspecified atom stereocenters. The zero-order chi connectivity index (χ0) is 15.0. The van der Waals surface area contributed by atoms with Crippen LogP contribution in [0.2, 0.25) is 0 Å². The van der Waals surface area contributed by atoms with E-state index in [1.807, 2.05) is 16.7 Å². The Kier molecular flexibility index (Phi) is 3.51. The fraction of sp³-hybridized carbons (Fsp3) is 0.375. The molecule has 0 spiro atoms. The number of carbonyl (C=O) groups is 1. The molecule has 1 amide bonds. The van der Waals surface area contributed by atoms with E-state index in [4.69, 9.17) is 5.11 Å². The van der Waals surface area contributed by atoms with Crippen molar-refractivity contribution in [1.82, 2.24) is 9.88 Å². The number of aromatic nitrogens is 1. The lowest BCUT2D eigenvalue weighted by Crippen LogP contribution is -2.30. The number of amides is 1. The third kappa shape index (κ3) is 2.23. The van der Waals surface area contributed by atoms with Crippen molar-refractivity contribution in [2.24, 2.45) is 0 Å². The summed E-state index contributed by atoms with van der Waals surface area (Å²) in [4.78, 5) is 24.7. The van der Waals surface area contributed by atoms with E-state index in [2.05, 4.69) is 12.2 Å². The van der Waals surface area contributed by atoms with Crippen LogP contribution in [0.4, 0.5) is 0 Å². The van der Waals surface area contributed by atoms with Crippen molar-refractivity contribution < 1.29 is 9.90 Å². The Hall–Kier alpha value is -2.14. The van der Waals surface area contributed by atoms with Crippen LogP contribution >= 0.6 is 0 Å². The normalized spacial score (nSPS) is 16.4. The average molecular weight is 286 g/mol. The van der Waals surface area contributed by atoms with Gasteiger partial charge in [-0.15, -0.1) is 0 Å². The van der Waals surface area contributed by atoms with E-state index in [1.165, 1.54) is 0 Å². The van der Waals surface area contributed by atoms with Crippen molar-refractivity contribution in [2.75, 3.05) is 13.2 Å². The molecular weight excluding hydrogens is 268 g/mol. The first-order valence-corrected chi connectivity index (χ1v) is 7.19. The molecule has 3 rings (SSSR count). The minimum absolute atomic E-state index is 0.0165. The van der Waals surface area contributed by atoms with Gasteiger partial charge < -0.3 is 15.0 Å². The highest BCUT2D eigenvalue weighted by Crippen LogP contribution is 2.30. The number of carbonyl (C=O) groups excluding carboxylic acids is 1. The molecule has 1 aromatic carbocycles. The molecule has 0 saturated heterocycles. The van der Waals surface area contributed by atoms with Crippen molar-refractivity contribution in [3.05, 3.63) is 45.7 Å². The van der Waals surface area contributed by atoms with Gasteiger partial charge in [0.1, 0.15) is 5.56 Å². The average Bonchev–Trinajstić information content (AvgIpc) is 2.79. The van der Waals surface area contributed by atoms with Crippen molar-refractivity contribution in [1.29, 1.82) is 0 Å². The summed E-state index contributed by atoms with van der Waals surface area (Å²) in [6, 6.07) is 5.92. The molecule has 0 saturated carbocycles. The Balaban J connectivity index is 2.09. The highest BCUT2D eigenvalue weighted by molar-refractivity contribution is 5.98. The molecule has 1 aromatic heterocycles. The van der Waals surface area contributed by atoms with Crippen molar-refractivity contribution in [3.8, 4) is 0 Å². The van der Waals surface area contributed by atoms with Crippen LogP contribution in [0.25, 0.3) is 10.9 Å². The van der Waals surface area contributed by atoms with E-state index < -0.39 is 0 Å². The monoisotopic (exact) mass is 286 g/mol. The smallest absolute Gasteiger partial charge is 0.256 e. The van der Waals surface area contributed by atoms with E-state index in [1.54, 1.807) is 12.3 Å². The Bertz CT molecular complexity index is 764. The zero-order valence-corrected chi connectivity index (χ0v) is 11.9. The third-order valence-corrected chi connectivity index (χ3v) is 3.99. The van der Waals surface area contributed by atoms with Gasteiger partial charge in [-0.05, 0) is 31.4 Å². The molecule has 0 radical (unpaired) electrons. The van der Waals surface area contributed by atoms with Crippen LogP contribution in [-0.4, -0.2) is 28.7 Å². The number of para-hydroxylation sites is 1. The van der Waals surface area contributed by atoms with Gasteiger partial charge in [0.25, 0.3) is 5.91 Å². The molecule has 2 N–H and O–H groups in total. The molecule has 5 heteroatoms. The van der Waals surface area contributed by atoms with Gasteiger partial charge in [0.15, 0.2) is 0 Å². The predicted molar refractivity (Wildman–Crippen MR) is 80.7 cm³/mol. The van der Waals surface area contributed by atoms with Crippen LogP contribution in [-0.2, 0) is 6.42 Å². The van der Waals surface area contributed by atoms with Crippen molar-refractivity contribution in [2.45, 2.75) is 25.8 Å². The summed E-state index contributed by atoms with van der Waals surface area (Å²) in [5.74, 6) is -0.372. The van der Waals surface area contributed by atoms with Crippen molar-refractivity contribution >= 4 is 16.8 Å². The first-order valence-electron chi connectivity index (χ1n) is 7.19. The van der Waals surface area contributed by atoms with Gasteiger partial charge in [-0.1, -0.05) is 12.1 Å². The molecule has 21 heavy (non-hydrogen) atoms. The second-order valence-corrected chi connectivity index (χ2v) is 5.48. The summed E-state index contributed by atoms with van der Waals surface area (Å²) in [5.41, 5.74) is 2.05. The van der Waals surface area contributed by atoms with E-state index in [9.17, 15) is 9.59 Å². The standard InChI is InChI=1S/C16H18N2O3/c1-10-8-11-4-2-5-12-14(11)18(10)9-13(15(12)20)16(21)17-6-3-7-19/h2,4-5,9-10,19H,3,6-8H2,1H3,(H,17,21). The first kappa shape index (κ1) is 13.8. The third-order valence-electron chi connectivity index (χ3n) is 3.99. The summed E-state index contributed by atoms with van der Waals surface area (Å²) >= 11 is 0. The van der Waals surface area contributed by atoms with Gasteiger partial charge in [0.2, 0.25) is 5.43 Å². The number of nitrogens with zero attached hydrogens (tertiary/aromatic N) is 1. The highest BCUT2D eigenvalue weighted by atomic mass is 16.3. The van der Waals surface area contributed by atoms with Gasteiger partial charge in [-0.2, -0.15) is 0 Å². The van der Waals surface area contributed by atoms with Crippen molar-refractivity contribution in [3.63, 3.8) is 0 Å². The molecule has 1 aliphatic rings. The maximum Gasteiger partial charge on any atom is 0.256 e. The summed E-state index contributed by atoms with van der Waals surface area (Å²) in [6.45, 7) is 2.46. The lowest BCUT2D eigenvalue weighted by atomic mass is 10.1. The SMILES string of the molecule is CC1Cc2cccc3c(=O)c(C(=O)NCCCO)cn1c23. The molecule has 5 nitrogen and oxygen atoms in total. The number of hydrogen-bond donors (Lipinski definition) is 2. The lowest BCUT2D eigenvalue weighted by molar-refractivity contribution is 0.0949. The topological polar surface area (TPSA) is 71.3 Å². The summed E-state index contributed by atoms with van der Waals surface area (Å²) < 4.78 is 2.02. The maximum absolute atomic E-state index is 12.5. The Morgan fingerprint density at radius 1 is 1.48 bits per heavy atom. The summed E-state index contributed by atoms with van der Waals surface area (Å²) in [6.07, 6.45) is 3.03. The molecule has 0 aliphatic carbocycles.